The summed E-state index contributed by atoms with van der Waals surface area (Å²) in [4.78, 5) is 51.2. The number of rotatable bonds is 14. The number of carbonyl (C=O) groups excluding carboxylic acids is 4. The molecule has 0 spiro atoms. The van der Waals surface area contributed by atoms with Crippen molar-refractivity contribution < 1.29 is 29.0 Å². The van der Waals surface area contributed by atoms with Gasteiger partial charge in [-0.1, -0.05) is 71.9 Å². The molecule has 10 heteroatoms. The molecule has 4 atom stereocenters. The normalized spacial score (nSPS) is 14.2. The van der Waals surface area contributed by atoms with E-state index in [2.05, 4.69) is 16.0 Å². The molecule has 210 valence electrons. The third-order valence-electron chi connectivity index (χ3n) is 5.67. The minimum absolute atomic E-state index is 0. The SMILES string of the molecule is COC(=O)[C@H](Cc1ccccc1)NC(=O)[C@@H](NC(=O)[C@H](CC(C)C)NC(=O)[C@@H](O)CC(C)C)C(C)C.Cl. The van der Waals surface area contributed by atoms with E-state index in [9.17, 15) is 24.3 Å². The van der Waals surface area contributed by atoms with Gasteiger partial charge in [0.2, 0.25) is 17.7 Å². The minimum atomic E-state index is -1.23. The minimum Gasteiger partial charge on any atom is -0.467 e. The van der Waals surface area contributed by atoms with Crippen LogP contribution >= 0.6 is 12.4 Å². The van der Waals surface area contributed by atoms with Gasteiger partial charge >= 0.3 is 5.97 Å². The molecule has 0 aliphatic carbocycles. The Morgan fingerprint density at radius 3 is 1.81 bits per heavy atom. The van der Waals surface area contributed by atoms with E-state index in [0.717, 1.165) is 5.56 Å². The summed E-state index contributed by atoms with van der Waals surface area (Å²) in [5, 5.41) is 18.2. The second kappa shape index (κ2) is 17.0. The molecule has 0 saturated carbocycles. The molecule has 1 aromatic carbocycles. The van der Waals surface area contributed by atoms with Gasteiger partial charge in [0, 0.05) is 6.42 Å². The Labute approximate surface area is 226 Å². The zero-order valence-electron chi connectivity index (χ0n) is 22.9. The van der Waals surface area contributed by atoms with Gasteiger partial charge in [-0.05, 0) is 36.2 Å². The highest BCUT2D eigenvalue weighted by molar-refractivity contribution is 5.94. The molecule has 0 aromatic heterocycles. The van der Waals surface area contributed by atoms with Crippen LogP contribution in [0.4, 0.5) is 0 Å². The highest BCUT2D eigenvalue weighted by Crippen LogP contribution is 2.11. The number of amides is 3. The quantitative estimate of drug-likeness (QED) is 0.267. The molecule has 0 unspecified atom stereocenters. The van der Waals surface area contributed by atoms with Crippen LogP contribution in [0, 0.1) is 17.8 Å². The fourth-order valence-corrected chi connectivity index (χ4v) is 3.76. The molecule has 1 aromatic rings. The second-order valence-electron chi connectivity index (χ2n) is 10.3. The second-order valence-corrected chi connectivity index (χ2v) is 10.3. The monoisotopic (exact) mass is 541 g/mol. The van der Waals surface area contributed by atoms with Crippen LogP contribution in [-0.4, -0.2) is 60.1 Å². The van der Waals surface area contributed by atoms with Crippen LogP contribution in [0.3, 0.4) is 0 Å². The maximum Gasteiger partial charge on any atom is 0.328 e. The van der Waals surface area contributed by atoms with E-state index in [1.165, 1.54) is 7.11 Å². The number of aliphatic hydroxyl groups is 1. The van der Waals surface area contributed by atoms with Crippen molar-refractivity contribution in [2.24, 2.45) is 17.8 Å². The first kappa shape index (κ1) is 34.4. The zero-order chi connectivity index (χ0) is 27.4. The van der Waals surface area contributed by atoms with Gasteiger partial charge in [0.05, 0.1) is 7.11 Å². The Balaban J connectivity index is 0.0000130. The Morgan fingerprint density at radius 1 is 0.784 bits per heavy atom. The summed E-state index contributed by atoms with van der Waals surface area (Å²) in [5.74, 6) is -2.39. The highest BCUT2D eigenvalue weighted by Gasteiger charge is 2.32. The molecule has 37 heavy (non-hydrogen) atoms. The Hall–Kier alpha value is -2.65. The molecule has 3 amide bonds. The van der Waals surface area contributed by atoms with Crippen LogP contribution in [0.25, 0.3) is 0 Å². The topological polar surface area (TPSA) is 134 Å². The van der Waals surface area contributed by atoms with E-state index < -0.39 is 47.9 Å². The number of ether oxygens (including phenoxy) is 1. The van der Waals surface area contributed by atoms with Crippen LogP contribution in [0.15, 0.2) is 30.3 Å². The van der Waals surface area contributed by atoms with E-state index in [4.69, 9.17) is 4.74 Å². The van der Waals surface area contributed by atoms with Crippen molar-refractivity contribution >= 4 is 36.1 Å². The van der Waals surface area contributed by atoms with Gasteiger partial charge in [0.1, 0.15) is 24.2 Å². The van der Waals surface area contributed by atoms with Gasteiger partial charge in [-0.15, -0.1) is 12.4 Å². The first-order chi connectivity index (χ1) is 16.8. The number of benzene rings is 1. The summed E-state index contributed by atoms with van der Waals surface area (Å²) in [6.07, 6.45) is -0.389. The number of hydrogen-bond donors (Lipinski definition) is 4. The fourth-order valence-electron chi connectivity index (χ4n) is 3.76. The molecular weight excluding hydrogens is 498 g/mol. The van der Waals surface area contributed by atoms with Crippen molar-refractivity contribution in [2.45, 2.75) is 85.0 Å². The van der Waals surface area contributed by atoms with E-state index in [0.29, 0.717) is 6.42 Å². The number of halogens is 1. The molecule has 4 N–H and O–H groups in total. The summed E-state index contributed by atoms with van der Waals surface area (Å²) in [6.45, 7) is 11.1. The standard InChI is InChI=1S/C27H43N3O6.ClH/c1-16(2)13-20(28-25(33)22(31)14-17(3)4)24(32)30-23(18(5)6)26(34)29-21(27(35)36-7)15-19-11-9-8-10-12-19;/h8-12,16-18,20-23,31H,13-15H2,1-7H3,(H,28,33)(H,29,34)(H,30,32);1H/t20-,21-,22-,23-;/m0./s1. The van der Waals surface area contributed by atoms with E-state index in [1.807, 2.05) is 58.0 Å². The summed E-state index contributed by atoms with van der Waals surface area (Å²) >= 11 is 0. The molecule has 0 bridgehead atoms. The predicted molar refractivity (Wildman–Crippen MR) is 145 cm³/mol. The molecule has 0 radical (unpaired) electrons. The predicted octanol–water partition coefficient (Wildman–Crippen LogP) is 2.39. The van der Waals surface area contributed by atoms with Crippen molar-refractivity contribution in [3.63, 3.8) is 0 Å². The lowest BCUT2D eigenvalue weighted by Gasteiger charge is -2.28. The van der Waals surface area contributed by atoms with Crippen LogP contribution in [0.1, 0.15) is 59.9 Å². The Morgan fingerprint density at radius 2 is 1.32 bits per heavy atom. The molecule has 0 saturated heterocycles. The van der Waals surface area contributed by atoms with Gasteiger partial charge in [0.25, 0.3) is 0 Å². The molecule has 0 heterocycles. The average Bonchev–Trinajstić information content (AvgIpc) is 2.80. The number of methoxy groups -OCH3 is 1. The van der Waals surface area contributed by atoms with E-state index in [-0.39, 0.29) is 43.0 Å². The molecule has 0 aliphatic rings. The van der Waals surface area contributed by atoms with Crippen molar-refractivity contribution in [2.75, 3.05) is 7.11 Å². The number of aliphatic hydroxyl groups excluding tert-OH is 1. The third-order valence-corrected chi connectivity index (χ3v) is 5.67. The molecule has 9 nitrogen and oxygen atoms in total. The molecule has 0 aliphatic heterocycles. The number of carbonyl (C=O) groups is 4. The summed E-state index contributed by atoms with van der Waals surface area (Å²) in [5.41, 5.74) is 0.845. The number of hydrogen-bond acceptors (Lipinski definition) is 6. The summed E-state index contributed by atoms with van der Waals surface area (Å²) in [6, 6.07) is 6.41. The van der Waals surface area contributed by atoms with Crippen molar-refractivity contribution in [3.05, 3.63) is 35.9 Å². The molecular formula is C27H44ClN3O6. The van der Waals surface area contributed by atoms with Crippen molar-refractivity contribution in [1.29, 1.82) is 0 Å². The van der Waals surface area contributed by atoms with Gasteiger partial charge in [-0.3, -0.25) is 14.4 Å². The average molecular weight is 542 g/mol. The van der Waals surface area contributed by atoms with Gasteiger partial charge in [-0.2, -0.15) is 0 Å². The lowest BCUT2D eigenvalue weighted by molar-refractivity contribution is -0.145. The maximum atomic E-state index is 13.2. The van der Waals surface area contributed by atoms with E-state index in [1.54, 1.807) is 13.8 Å². The fraction of sp³-hybridized carbons (Fsp3) is 0.630. The van der Waals surface area contributed by atoms with Crippen LogP contribution in [-0.2, 0) is 30.3 Å². The van der Waals surface area contributed by atoms with Gasteiger partial charge < -0.3 is 25.8 Å². The number of nitrogens with one attached hydrogen (secondary N) is 3. The van der Waals surface area contributed by atoms with E-state index >= 15 is 0 Å². The largest absolute Gasteiger partial charge is 0.467 e. The van der Waals surface area contributed by atoms with Crippen LogP contribution in [0.5, 0.6) is 0 Å². The Bertz CT molecular complexity index is 863. The van der Waals surface area contributed by atoms with Crippen LogP contribution in [0.2, 0.25) is 0 Å². The smallest absolute Gasteiger partial charge is 0.328 e. The first-order valence-corrected chi connectivity index (χ1v) is 12.6. The lowest BCUT2D eigenvalue weighted by Crippen LogP contribution is -2.58. The van der Waals surface area contributed by atoms with Crippen molar-refractivity contribution in [3.8, 4) is 0 Å². The Kier molecular flexibility index (Phi) is 15.8. The molecule has 0 fully saturated rings. The maximum absolute atomic E-state index is 13.2. The zero-order valence-corrected chi connectivity index (χ0v) is 23.8. The van der Waals surface area contributed by atoms with Crippen LogP contribution < -0.4 is 16.0 Å². The lowest BCUT2D eigenvalue weighted by atomic mass is 9.98. The highest BCUT2D eigenvalue weighted by atomic mass is 35.5. The molecule has 1 rings (SSSR count). The summed E-state index contributed by atoms with van der Waals surface area (Å²) < 4.78 is 4.87. The third kappa shape index (κ3) is 12.4. The van der Waals surface area contributed by atoms with Crippen molar-refractivity contribution in [1.82, 2.24) is 16.0 Å². The first-order valence-electron chi connectivity index (χ1n) is 12.6. The van der Waals surface area contributed by atoms with Gasteiger partial charge in [-0.25, -0.2) is 4.79 Å². The number of esters is 1. The van der Waals surface area contributed by atoms with Gasteiger partial charge in [0.15, 0.2) is 0 Å². The summed E-state index contributed by atoms with van der Waals surface area (Å²) in [7, 11) is 1.25.